The van der Waals surface area contributed by atoms with Gasteiger partial charge >= 0.3 is 0 Å². The molecule has 0 spiro atoms. The summed E-state index contributed by atoms with van der Waals surface area (Å²) in [7, 11) is -3.59. The van der Waals surface area contributed by atoms with Gasteiger partial charge in [-0.2, -0.15) is 19.5 Å². The highest BCUT2D eigenvalue weighted by molar-refractivity contribution is 7.90. The zero-order valence-electron chi connectivity index (χ0n) is 11.1. The predicted octanol–water partition coefficient (Wildman–Crippen LogP) is -0.730. The number of nitrogens with zero attached hydrogens (tertiary/aromatic N) is 7. The second-order valence-corrected chi connectivity index (χ2v) is 6.24. The molecule has 0 radical (unpaired) electrons. The fourth-order valence-corrected chi connectivity index (χ4v) is 2.08. The molecule has 0 fully saturated rings. The fourth-order valence-electron chi connectivity index (χ4n) is 1.57. The first-order chi connectivity index (χ1) is 9.84. The van der Waals surface area contributed by atoms with E-state index in [9.17, 15) is 8.42 Å². The van der Waals surface area contributed by atoms with E-state index < -0.39 is 15.0 Å². The summed E-state index contributed by atoms with van der Waals surface area (Å²) in [6.45, 7) is 1.80. The first-order valence-corrected chi connectivity index (χ1v) is 7.63. The van der Waals surface area contributed by atoms with E-state index in [1.807, 2.05) is 0 Å². The van der Waals surface area contributed by atoms with Gasteiger partial charge in [0.05, 0.1) is 11.9 Å². The third kappa shape index (κ3) is 2.38. The fraction of sp³-hybridized carbons (Fsp3) is 0.200. The van der Waals surface area contributed by atoms with Crippen LogP contribution < -0.4 is 5.73 Å². The molecule has 3 aromatic rings. The van der Waals surface area contributed by atoms with Gasteiger partial charge in [-0.15, -0.1) is 5.10 Å². The second-order valence-electron chi connectivity index (χ2n) is 4.33. The monoisotopic (exact) mass is 306 g/mol. The Morgan fingerprint density at radius 2 is 1.90 bits per heavy atom. The lowest BCUT2D eigenvalue weighted by Crippen LogP contribution is -2.11. The number of nitrogen functional groups attached to an aromatic ring is 1. The minimum atomic E-state index is -3.59. The van der Waals surface area contributed by atoms with Crippen LogP contribution in [0.25, 0.3) is 17.3 Å². The van der Waals surface area contributed by atoms with Crippen molar-refractivity contribution in [2.45, 2.75) is 12.1 Å². The Labute approximate surface area is 119 Å². The molecule has 0 saturated carbocycles. The number of nitrogens with two attached hydrogens (primary N) is 1. The smallest absolute Gasteiger partial charge is 0.258 e. The molecule has 10 nitrogen and oxygen atoms in total. The summed E-state index contributed by atoms with van der Waals surface area (Å²) in [5.74, 6) is 0.133. The number of fused-ring (bicyclic) bond motifs is 1. The largest absolute Gasteiger partial charge is 0.368 e. The highest BCUT2D eigenvalue weighted by Crippen LogP contribution is 2.14. The van der Waals surface area contributed by atoms with Crippen LogP contribution in [-0.4, -0.2) is 49.2 Å². The maximum atomic E-state index is 11.5. The van der Waals surface area contributed by atoms with E-state index in [2.05, 4.69) is 30.0 Å². The van der Waals surface area contributed by atoms with Gasteiger partial charge in [0.2, 0.25) is 21.6 Å². The van der Waals surface area contributed by atoms with Crippen molar-refractivity contribution in [3.63, 3.8) is 0 Å². The van der Waals surface area contributed by atoms with Gasteiger partial charge < -0.3 is 5.73 Å². The van der Waals surface area contributed by atoms with Crippen LogP contribution in [0.2, 0.25) is 0 Å². The van der Waals surface area contributed by atoms with E-state index in [4.69, 9.17) is 5.73 Å². The van der Waals surface area contributed by atoms with Crippen molar-refractivity contribution in [1.82, 2.24) is 34.5 Å². The zero-order valence-corrected chi connectivity index (χ0v) is 11.9. The molecule has 0 amide bonds. The number of sulfone groups is 1. The van der Waals surface area contributed by atoms with Crippen molar-refractivity contribution in [2.75, 3.05) is 12.0 Å². The van der Waals surface area contributed by atoms with E-state index in [1.54, 1.807) is 13.1 Å². The molecule has 0 aliphatic rings. The number of aromatic nitrogens is 7. The molecular formula is C10H10N8O2S. The molecule has 3 heterocycles. The van der Waals surface area contributed by atoms with Gasteiger partial charge in [-0.3, -0.25) is 4.98 Å². The first-order valence-electron chi connectivity index (χ1n) is 5.74. The van der Waals surface area contributed by atoms with Crippen LogP contribution in [0.5, 0.6) is 0 Å². The Kier molecular flexibility index (Phi) is 2.79. The summed E-state index contributed by atoms with van der Waals surface area (Å²) < 4.78 is 24.1. The molecule has 2 N–H and O–H groups in total. The number of hydrogen-bond acceptors (Lipinski definition) is 9. The standard InChI is InChI=1S/C10H10N8O2S/c1-5-3-13-6(4-12-5)7-14-9-16-10(21(2,19)20)15-8(11)18(9)17-7/h3-4H,1-2H3,(H2,11,14,15,16,17). The van der Waals surface area contributed by atoms with Crippen molar-refractivity contribution in [1.29, 1.82) is 0 Å². The molecule has 11 heteroatoms. The summed E-state index contributed by atoms with van der Waals surface area (Å²) in [5.41, 5.74) is 6.85. The number of hydrogen-bond donors (Lipinski definition) is 1. The first kappa shape index (κ1) is 13.3. The van der Waals surface area contributed by atoms with Gasteiger partial charge in [0.15, 0.2) is 0 Å². The van der Waals surface area contributed by atoms with Crippen LogP contribution in [0.3, 0.4) is 0 Å². The minimum Gasteiger partial charge on any atom is -0.368 e. The van der Waals surface area contributed by atoms with Crippen LogP contribution in [0, 0.1) is 6.92 Å². The van der Waals surface area contributed by atoms with E-state index in [0.29, 0.717) is 5.69 Å². The zero-order chi connectivity index (χ0) is 15.2. The predicted molar refractivity (Wildman–Crippen MR) is 71.9 cm³/mol. The van der Waals surface area contributed by atoms with E-state index in [1.165, 1.54) is 6.20 Å². The molecule has 108 valence electrons. The van der Waals surface area contributed by atoms with Crippen molar-refractivity contribution >= 4 is 21.6 Å². The number of anilines is 1. The lowest BCUT2D eigenvalue weighted by atomic mass is 10.4. The van der Waals surface area contributed by atoms with Crippen LogP contribution in [0.15, 0.2) is 17.6 Å². The molecule has 0 aliphatic carbocycles. The minimum absolute atomic E-state index is 0.0281. The summed E-state index contributed by atoms with van der Waals surface area (Å²) in [5, 5.41) is 3.69. The third-order valence-electron chi connectivity index (χ3n) is 2.55. The van der Waals surface area contributed by atoms with Crippen molar-refractivity contribution in [3.05, 3.63) is 18.1 Å². The summed E-state index contributed by atoms with van der Waals surface area (Å²) in [6.07, 6.45) is 4.06. The quantitative estimate of drug-likeness (QED) is 0.648. The van der Waals surface area contributed by atoms with Gasteiger partial charge in [0.25, 0.3) is 10.9 Å². The lowest BCUT2D eigenvalue weighted by molar-refractivity contribution is 0.592. The highest BCUT2D eigenvalue weighted by Gasteiger charge is 2.18. The topological polar surface area (TPSA) is 142 Å². The third-order valence-corrected chi connectivity index (χ3v) is 3.40. The maximum absolute atomic E-state index is 11.5. The normalized spacial score (nSPS) is 11.9. The van der Waals surface area contributed by atoms with Gasteiger partial charge in [-0.05, 0) is 6.92 Å². The second kappa shape index (κ2) is 4.41. The lowest BCUT2D eigenvalue weighted by Gasteiger charge is -1.99. The van der Waals surface area contributed by atoms with Crippen molar-refractivity contribution in [3.8, 4) is 11.5 Å². The summed E-state index contributed by atoms with van der Waals surface area (Å²) in [6, 6.07) is 0. The van der Waals surface area contributed by atoms with Crippen LogP contribution in [0.4, 0.5) is 5.95 Å². The molecule has 0 aromatic carbocycles. The SMILES string of the molecule is Cc1cnc(-c2nc3nc(S(C)(=O)=O)nc(N)n3n2)cn1. The van der Waals surface area contributed by atoms with Gasteiger partial charge in [0.1, 0.15) is 5.69 Å². The molecule has 3 rings (SSSR count). The van der Waals surface area contributed by atoms with Gasteiger partial charge in [0, 0.05) is 12.5 Å². The Morgan fingerprint density at radius 1 is 1.14 bits per heavy atom. The maximum Gasteiger partial charge on any atom is 0.258 e. The van der Waals surface area contributed by atoms with Crippen LogP contribution in [0.1, 0.15) is 5.69 Å². The molecule has 0 atom stereocenters. The Bertz CT molecular complexity index is 932. The molecule has 0 aliphatic heterocycles. The van der Waals surface area contributed by atoms with E-state index in [-0.39, 0.29) is 17.6 Å². The number of rotatable bonds is 2. The van der Waals surface area contributed by atoms with Gasteiger partial charge in [-0.1, -0.05) is 0 Å². The molecule has 3 aromatic heterocycles. The van der Waals surface area contributed by atoms with Crippen molar-refractivity contribution < 1.29 is 8.42 Å². The van der Waals surface area contributed by atoms with E-state index >= 15 is 0 Å². The Morgan fingerprint density at radius 3 is 2.52 bits per heavy atom. The summed E-state index contributed by atoms with van der Waals surface area (Å²) in [4.78, 5) is 19.9. The van der Waals surface area contributed by atoms with Gasteiger partial charge in [-0.25, -0.2) is 13.4 Å². The molecular weight excluding hydrogens is 296 g/mol. The van der Waals surface area contributed by atoms with Crippen LogP contribution in [-0.2, 0) is 9.84 Å². The Balaban J connectivity index is 2.20. The van der Waals surface area contributed by atoms with E-state index in [0.717, 1.165) is 16.5 Å². The molecule has 0 bridgehead atoms. The highest BCUT2D eigenvalue weighted by atomic mass is 32.2. The molecule has 0 saturated heterocycles. The van der Waals surface area contributed by atoms with Crippen LogP contribution >= 0.6 is 0 Å². The average Bonchev–Trinajstić information content (AvgIpc) is 2.83. The number of aryl methyl sites for hydroxylation is 1. The molecule has 0 unspecified atom stereocenters. The Hall–Kier alpha value is -2.69. The summed E-state index contributed by atoms with van der Waals surface area (Å²) >= 11 is 0. The average molecular weight is 306 g/mol. The van der Waals surface area contributed by atoms with Crippen molar-refractivity contribution in [2.24, 2.45) is 0 Å². The molecule has 21 heavy (non-hydrogen) atoms.